The predicted octanol–water partition coefficient (Wildman–Crippen LogP) is 0.367. The Bertz CT molecular complexity index is 303. The Morgan fingerprint density at radius 3 is 2.93 bits per heavy atom. The van der Waals surface area contributed by atoms with E-state index in [0.29, 0.717) is 6.54 Å². The molecule has 1 rings (SSSR count). The lowest BCUT2D eigenvalue weighted by Gasteiger charge is -2.16. The fourth-order valence-electron chi connectivity index (χ4n) is 1.29. The lowest BCUT2D eigenvalue weighted by molar-refractivity contribution is 0.340. The number of nitrogens with zero attached hydrogens (tertiary/aromatic N) is 3. The molecule has 0 fully saturated rings. The van der Waals surface area contributed by atoms with Gasteiger partial charge in [0, 0.05) is 32.5 Å². The molecule has 0 saturated carbocycles. The third kappa shape index (κ3) is 2.97. The van der Waals surface area contributed by atoms with Crippen LogP contribution in [0.4, 0.5) is 0 Å². The quantitative estimate of drug-likeness (QED) is 0.689. The van der Waals surface area contributed by atoms with Gasteiger partial charge in [-0.15, -0.1) is 0 Å². The van der Waals surface area contributed by atoms with E-state index in [-0.39, 0.29) is 0 Å². The maximum atomic E-state index is 5.48. The van der Waals surface area contributed by atoms with Crippen LogP contribution in [0.25, 0.3) is 0 Å². The largest absolute Gasteiger partial charge is 0.337 e. The summed E-state index contributed by atoms with van der Waals surface area (Å²) in [5.41, 5.74) is 6.52. The number of likely N-dealkylation sites (N-methyl/N-ethyl adjacent to an activating group) is 1. The van der Waals surface area contributed by atoms with E-state index in [0.717, 1.165) is 24.5 Å². The van der Waals surface area contributed by atoms with Crippen molar-refractivity contribution in [3.8, 4) is 0 Å². The molecule has 14 heavy (non-hydrogen) atoms. The van der Waals surface area contributed by atoms with Gasteiger partial charge in [-0.2, -0.15) is 0 Å². The normalized spacial score (nSPS) is 10.9. The zero-order chi connectivity index (χ0) is 10.6. The van der Waals surface area contributed by atoms with Gasteiger partial charge in [0.25, 0.3) is 0 Å². The average molecular weight is 194 g/mol. The lowest BCUT2D eigenvalue weighted by atomic mass is 10.3. The van der Waals surface area contributed by atoms with Gasteiger partial charge in [0.15, 0.2) is 0 Å². The molecule has 4 heteroatoms. The van der Waals surface area contributed by atoms with Crippen molar-refractivity contribution in [2.75, 3.05) is 20.1 Å². The Balaban J connectivity index is 2.45. The van der Waals surface area contributed by atoms with E-state index in [1.807, 2.05) is 24.9 Å². The van der Waals surface area contributed by atoms with E-state index in [1.54, 1.807) is 6.20 Å². The Hall–Kier alpha value is -1.13. The zero-order valence-electron chi connectivity index (χ0n) is 8.90. The summed E-state index contributed by atoms with van der Waals surface area (Å²) in [4.78, 5) is 6.40. The molecule has 1 aromatic rings. The summed E-state index contributed by atoms with van der Waals surface area (Å²) >= 11 is 0. The highest BCUT2D eigenvalue weighted by atomic mass is 15.1. The highest BCUT2D eigenvalue weighted by Crippen LogP contribution is 2.01. The monoisotopic (exact) mass is 194 g/mol. The Kier molecular flexibility index (Phi) is 3.85. The predicted molar refractivity (Wildman–Crippen MR) is 57.7 cm³/mol. The minimum Gasteiger partial charge on any atom is -0.337 e. The number of aryl methyl sites for hydroxylation is 1. The number of hydrogen-bond donors (Lipinski definition) is 1. The summed E-state index contributed by atoms with van der Waals surface area (Å²) in [7, 11) is 4.03. The fourth-order valence-corrected chi connectivity index (χ4v) is 1.29. The van der Waals surface area contributed by atoms with E-state index in [1.165, 1.54) is 0 Å². The van der Waals surface area contributed by atoms with Gasteiger partial charge in [0.05, 0.1) is 6.54 Å². The van der Waals surface area contributed by atoms with Crippen LogP contribution in [0.15, 0.2) is 24.5 Å². The first-order valence-corrected chi connectivity index (χ1v) is 4.65. The number of aromatic nitrogens is 2. The van der Waals surface area contributed by atoms with E-state index < -0.39 is 0 Å². The van der Waals surface area contributed by atoms with Crippen molar-refractivity contribution in [2.45, 2.75) is 6.54 Å². The van der Waals surface area contributed by atoms with Crippen LogP contribution in [0.3, 0.4) is 0 Å². The van der Waals surface area contributed by atoms with Crippen LogP contribution >= 0.6 is 0 Å². The molecule has 0 aliphatic heterocycles. The molecule has 78 valence electrons. The van der Waals surface area contributed by atoms with Crippen molar-refractivity contribution in [3.05, 3.63) is 30.4 Å². The third-order valence-electron chi connectivity index (χ3n) is 2.11. The minimum absolute atomic E-state index is 0.547. The zero-order valence-corrected chi connectivity index (χ0v) is 8.90. The highest BCUT2D eigenvalue weighted by Gasteiger charge is 2.04. The first-order chi connectivity index (χ1) is 6.63. The van der Waals surface area contributed by atoms with Gasteiger partial charge in [0.2, 0.25) is 0 Å². The van der Waals surface area contributed by atoms with Crippen molar-refractivity contribution < 1.29 is 0 Å². The minimum atomic E-state index is 0.547. The van der Waals surface area contributed by atoms with Gasteiger partial charge >= 0.3 is 0 Å². The molecular weight excluding hydrogens is 176 g/mol. The maximum Gasteiger partial charge on any atom is 0.122 e. The first-order valence-electron chi connectivity index (χ1n) is 4.65. The smallest absolute Gasteiger partial charge is 0.122 e. The molecule has 1 aromatic heterocycles. The van der Waals surface area contributed by atoms with Crippen LogP contribution in [0.1, 0.15) is 5.82 Å². The van der Waals surface area contributed by atoms with Gasteiger partial charge in [-0.05, 0) is 12.6 Å². The molecule has 0 bridgehead atoms. The van der Waals surface area contributed by atoms with E-state index in [9.17, 15) is 0 Å². The second-order valence-corrected chi connectivity index (χ2v) is 3.58. The number of imidazole rings is 1. The number of rotatable bonds is 5. The van der Waals surface area contributed by atoms with Gasteiger partial charge in [0.1, 0.15) is 5.82 Å². The molecule has 0 saturated heterocycles. The van der Waals surface area contributed by atoms with Gasteiger partial charge in [-0.3, -0.25) is 4.90 Å². The second kappa shape index (κ2) is 4.93. The van der Waals surface area contributed by atoms with E-state index >= 15 is 0 Å². The van der Waals surface area contributed by atoms with Crippen LogP contribution in [-0.2, 0) is 13.6 Å². The van der Waals surface area contributed by atoms with Crippen LogP contribution in [-0.4, -0.2) is 34.6 Å². The summed E-state index contributed by atoms with van der Waals surface area (Å²) in [6, 6.07) is 0. The van der Waals surface area contributed by atoms with Crippen LogP contribution in [0.5, 0.6) is 0 Å². The molecule has 0 radical (unpaired) electrons. The lowest BCUT2D eigenvalue weighted by Crippen LogP contribution is -2.24. The van der Waals surface area contributed by atoms with Crippen molar-refractivity contribution in [1.82, 2.24) is 14.5 Å². The molecule has 4 nitrogen and oxygen atoms in total. The summed E-state index contributed by atoms with van der Waals surface area (Å²) < 4.78 is 2.02. The first kappa shape index (κ1) is 10.9. The van der Waals surface area contributed by atoms with Crippen LogP contribution < -0.4 is 5.73 Å². The molecule has 0 atom stereocenters. The van der Waals surface area contributed by atoms with Gasteiger partial charge < -0.3 is 10.3 Å². The molecule has 0 aliphatic carbocycles. The van der Waals surface area contributed by atoms with Gasteiger partial charge in [-0.25, -0.2) is 4.98 Å². The van der Waals surface area contributed by atoms with Crippen LogP contribution in [0.2, 0.25) is 0 Å². The van der Waals surface area contributed by atoms with Crippen molar-refractivity contribution in [1.29, 1.82) is 0 Å². The topological polar surface area (TPSA) is 47.1 Å². The second-order valence-electron chi connectivity index (χ2n) is 3.58. The van der Waals surface area contributed by atoms with Crippen molar-refractivity contribution in [3.63, 3.8) is 0 Å². The molecule has 0 aromatic carbocycles. The summed E-state index contributed by atoms with van der Waals surface area (Å²) in [6.07, 6.45) is 3.75. The molecule has 0 amide bonds. The van der Waals surface area contributed by atoms with Gasteiger partial charge in [-0.1, -0.05) is 6.58 Å². The van der Waals surface area contributed by atoms with Crippen molar-refractivity contribution in [2.24, 2.45) is 12.8 Å². The highest BCUT2D eigenvalue weighted by molar-refractivity contribution is 4.99. The maximum absolute atomic E-state index is 5.48. The summed E-state index contributed by atoms with van der Waals surface area (Å²) in [6.45, 7) is 6.06. The van der Waals surface area contributed by atoms with Crippen molar-refractivity contribution >= 4 is 0 Å². The van der Waals surface area contributed by atoms with E-state index in [4.69, 9.17) is 5.73 Å². The molecule has 1 heterocycles. The molecule has 0 spiro atoms. The molecule has 0 unspecified atom stereocenters. The molecule has 0 aliphatic rings. The van der Waals surface area contributed by atoms with Crippen LogP contribution in [0, 0.1) is 0 Å². The Labute approximate surface area is 85.0 Å². The Morgan fingerprint density at radius 2 is 2.43 bits per heavy atom. The number of nitrogens with two attached hydrogens (primary N) is 1. The fraction of sp³-hybridized carbons (Fsp3) is 0.500. The average Bonchev–Trinajstić information content (AvgIpc) is 2.51. The Morgan fingerprint density at radius 1 is 1.71 bits per heavy atom. The molecular formula is C10H18N4. The van der Waals surface area contributed by atoms with E-state index in [2.05, 4.69) is 16.5 Å². The summed E-state index contributed by atoms with van der Waals surface area (Å²) in [5, 5.41) is 0. The molecule has 2 N–H and O–H groups in total. The third-order valence-corrected chi connectivity index (χ3v) is 2.11. The standard InChI is InChI=1S/C10H18N4/c1-9(6-11)7-13(2)8-10-12-4-5-14(10)3/h4-5H,1,6-8,11H2,2-3H3. The SMILES string of the molecule is C=C(CN)CN(C)Cc1nccn1C. The summed E-state index contributed by atoms with van der Waals surface area (Å²) in [5.74, 6) is 1.05. The number of hydrogen-bond acceptors (Lipinski definition) is 3.